The van der Waals surface area contributed by atoms with Crippen molar-refractivity contribution in [2.45, 2.75) is 46.2 Å². The molecule has 7 nitrogen and oxygen atoms in total. The molecule has 0 aliphatic rings. The molecule has 2 atom stereocenters. The number of rotatable bonds is 9. The monoisotopic (exact) mass is 448 g/mol. The normalized spacial score (nSPS) is 13.3. The number of hydrogen-bond donors (Lipinski definition) is 1. The van der Waals surface area contributed by atoms with E-state index in [0.29, 0.717) is 17.9 Å². The largest absolute Gasteiger partial charge is 0.497 e. The fourth-order valence-corrected chi connectivity index (χ4v) is 4.83. The molecule has 2 rings (SSSR count). The molecule has 0 unspecified atom stereocenters. The van der Waals surface area contributed by atoms with Crippen LogP contribution in [0.4, 0.5) is 5.69 Å². The number of benzene rings is 2. The van der Waals surface area contributed by atoms with E-state index >= 15 is 0 Å². The summed E-state index contributed by atoms with van der Waals surface area (Å²) in [5.41, 5.74) is 3.48. The maximum absolute atomic E-state index is 13.2. The summed E-state index contributed by atoms with van der Waals surface area (Å²) in [5.74, 6) is 0.383. The number of ether oxygens (including phenoxy) is 2. The van der Waals surface area contributed by atoms with Crippen LogP contribution in [-0.4, -0.2) is 40.8 Å². The lowest BCUT2D eigenvalue weighted by Crippen LogP contribution is -2.48. The van der Waals surface area contributed by atoms with Gasteiger partial charge in [-0.05, 0) is 50.5 Å². The highest BCUT2D eigenvalue weighted by Gasteiger charge is 2.32. The van der Waals surface area contributed by atoms with Gasteiger partial charge < -0.3 is 14.8 Å². The van der Waals surface area contributed by atoms with Crippen molar-refractivity contribution in [3.8, 4) is 11.5 Å². The van der Waals surface area contributed by atoms with E-state index in [2.05, 4.69) is 11.4 Å². The van der Waals surface area contributed by atoms with Crippen LogP contribution in [0.5, 0.6) is 11.5 Å². The van der Waals surface area contributed by atoms with Gasteiger partial charge in [-0.2, -0.15) is 0 Å². The first-order valence-electron chi connectivity index (χ1n) is 10.1. The molecule has 1 N–H and O–H groups in total. The van der Waals surface area contributed by atoms with E-state index in [1.807, 2.05) is 32.9 Å². The fourth-order valence-electron chi connectivity index (χ4n) is 3.66. The molecule has 2 aromatic rings. The maximum Gasteiger partial charge on any atom is 0.244 e. The van der Waals surface area contributed by atoms with Crippen LogP contribution in [0.15, 0.2) is 36.4 Å². The van der Waals surface area contributed by atoms with Gasteiger partial charge in [0.05, 0.1) is 32.2 Å². The Morgan fingerprint density at radius 3 is 2.29 bits per heavy atom. The van der Waals surface area contributed by atoms with Crippen molar-refractivity contribution in [2.75, 3.05) is 24.8 Å². The molecule has 0 aliphatic heterocycles. The minimum atomic E-state index is -3.80. The Morgan fingerprint density at radius 1 is 1.10 bits per heavy atom. The van der Waals surface area contributed by atoms with Crippen LogP contribution < -0.4 is 19.1 Å². The number of carbonyl (C=O) groups excluding carboxylic acids is 1. The second kappa shape index (κ2) is 10.0. The highest BCUT2D eigenvalue weighted by Crippen LogP contribution is 2.35. The number of hydrogen-bond acceptors (Lipinski definition) is 5. The van der Waals surface area contributed by atoms with Crippen LogP contribution in [0.3, 0.4) is 0 Å². The van der Waals surface area contributed by atoms with Gasteiger partial charge in [0.25, 0.3) is 0 Å². The molecule has 0 saturated heterocycles. The van der Waals surface area contributed by atoms with E-state index in [-0.39, 0.29) is 11.7 Å². The molecular weight excluding hydrogens is 416 g/mol. The predicted molar refractivity (Wildman–Crippen MR) is 123 cm³/mol. The minimum Gasteiger partial charge on any atom is -0.497 e. The van der Waals surface area contributed by atoms with Gasteiger partial charge in [0, 0.05) is 6.07 Å². The predicted octanol–water partition coefficient (Wildman–Crippen LogP) is 3.74. The number of amides is 1. The Morgan fingerprint density at radius 2 is 1.77 bits per heavy atom. The zero-order chi connectivity index (χ0) is 23.3. The Labute approximate surface area is 185 Å². The van der Waals surface area contributed by atoms with Gasteiger partial charge in [-0.1, -0.05) is 30.7 Å². The number of nitrogens with one attached hydrogen (secondary N) is 1. The summed E-state index contributed by atoms with van der Waals surface area (Å²) in [7, 11) is -0.867. The minimum absolute atomic E-state index is 0.232. The van der Waals surface area contributed by atoms with Gasteiger partial charge in [-0.25, -0.2) is 8.42 Å². The van der Waals surface area contributed by atoms with E-state index < -0.39 is 22.0 Å². The Hall–Kier alpha value is -2.74. The number of nitrogens with zero attached hydrogens (tertiary/aromatic N) is 1. The summed E-state index contributed by atoms with van der Waals surface area (Å²) in [6.07, 6.45) is 1.74. The third kappa shape index (κ3) is 5.70. The SMILES string of the molecule is CC[C@@H](NC(=O)[C@H](C)N(c1cc(OC)ccc1OC)S(C)(=O)=O)c1ccc(C)cc1C. The van der Waals surface area contributed by atoms with Crippen molar-refractivity contribution in [2.24, 2.45) is 0 Å². The van der Waals surface area contributed by atoms with E-state index in [9.17, 15) is 13.2 Å². The summed E-state index contributed by atoms with van der Waals surface area (Å²) in [6, 6.07) is 9.67. The zero-order valence-corrected chi connectivity index (χ0v) is 20.0. The molecule has 31 heavy (non-hydrogen) atoms. The van der Waals surface area contributed by atoms with Crippen LogP contribution in [0.25, 0.3) is 0 Å². The first-order chi connectivity index (χ1) is 14.5. The van der Waals surface area contributed by atoms with Crippen LogP contribution in [0.2, 0.25) is 0 Å². The first kappa shape index (κ1) is 24.5. The summed E-state index contributed by atoms with van der Waals surface area (Å²) in [5, 5.41) is 3.01. The molecule has 8 heteroatoms. The molecule has 0 aromatic heterocycles. The van der Waals surface area contributed by atoms with Gasteiger partial charge in [0.15, 0.2) is 0 Å². The van der Waals surface area contributed by atoms with Crippen molar-refractivity contribution in [3.63, 3.8) is 0 Å². The molecule has 2 aromatic carbocycles. The summed E-state index contributed by atoms with van der Waals surface area (Å²) < 4.78 is 37.1. The quantitative estimate of drug-likeness (QED) is 0.632. The number of aryl methyl sites for hydroxylation is 2. The van der Waals surface area contributed by atoms with Crippen molar-refractivity contribution in [1.29, 1.82) is 0 Å². The van der Waals surface area contributed by atoms with E-state index in [0.717, 1.165) is 27.3 Å². The van der Waals surface area contributed by atoms with Crippen molar-refractivity contribution in [3.05, 3.63) is 53.1 Å². The molecule has 0 radical (unpaired) electrons. The maximum atomic E-state index is 13.2. The molecule has 0 heterocycles. The van der Waals surface area contributed by atoms with Gasteiger partial charge in [-0.15, -0.1) is 0 Å². The lowest BCUT2D eigenvalue weighted by Gasteiger charge is -2.31. The first-order valence-corrected chi connectivity index (χ1v) is 12.0. The van der Waals surface area contributed by atoms with Crippen molar-refractivity contribution < 1.29 is 22.7 Å². The Bertz CT molecular complexity index is 1040. The van der Waals surface area contributed by atoms with Crippen LogP contribution in [-0.2, 0) is 14.8 Å². The molecule has 0 fully saturated rings. The molecule has 0 spiro atoms. The Balaban J connectivity index is 2.42. The van der Waals surface area contributed by atoms with Crippen molar-refractivity contribution >= 4 is 21.6 Å². The smallest absolute Gasteiger partial charge is 0.244 e. The highest BCUT2D eigenvalue weighted by atomic mass is 32.2. The van der Waals surface area contributed by atoms with Crippen molar-refractivity contribution in [1.82, 2.24) is 5.32 Å². The van der Waals surface area contributed by atoms with Crippen LogP contribution in [0.1, 0.15) is 43.0 Å². The third-order valence-corrected chi connectivity index (χ3v) is 6.46. The van der Waals surface area contributed by atoms with E-state index in [1.54, 1.807) is 25.1 Å². The third-order valence-electron chi connectivity index (χ3n) is 5.24. The Kier molecular flexibility index (Phi) is 7.95. The summed E-state index contributed by atoms with van der Waals surface area (Å²) >= 11 is 0. The lowest BCUT2D eigenvalue weighted by molar-refractivity contribution is -0.122. The average Bonchev–Trinajstić information content (AvgIpc) is 2.71. The molecule has 0 bridgehead atoms. The second-order valence-electron chi connectivity index (χ2n) is 7.60. The van der Waals surface area contributed by atoms with E-state index in [4.69, 9.17) is 9.47 Å². The summed E-state index contributed by atoms with van der Waals surface area (Å²) in [4.78, 5) is 13.2. The van der Waals surface area contributed by atoms with Gasteiger partial charge in [0.1, 0.15) is 17.5 Å². The topological polar surface area (TPSA) is 84.9 Å². The second-order valence-corrected chi connectivity index (χ2v) is 9.46. The molecule has 0 aliphatic carbocycles. The summed E-state index contributed by atoms with van der Waals surface area (Å²) in [6.45, 7) is 7.56. The van der Waals surface area contributed by atoms with Gasteiger partial charge >= 0.3 is 0 Å². The number of sulfonamides is 1. The number of anilines is 1. The standard InChI is InChI=1S/C23H32N2O5S/c1-8-20(19-11-9-15(2)13-16(19)3)24-23(26)17(4)25(31(7,27)28)21-14-18(29-5)10-12-22(21)30-6/h9-14,17,20H,8H2,1-7H3,(H,24,26)/t17-,20+/m0/s1. The van der Waals surface area contributed by atoms with Crippen LogP contribution in [0, 0.1) is 13.8 Å². The highest BCUT2D eigenvalue weighted by molar-refractivity contribution is 7.92. The molecular formula is C23H32N2O5S. The molecule has 1 amide bonds. The molecule has 0 saturated carbocycles. The van der Waals surface area contributed by atoms with Crippen LogP contribution >= 0.6 is 0 Å². The van der Waals surface area contributed by atoms with Gasteiger partial charge in [-0.3, -0.25) is 9.10 Å². The lowest BCUT2D eigenvalue weighted by atomic mass is 9.97. The van der Waals surface area contributed by atoms with E-state index in [1.165, 1.54) is 14.2 Å². The molecule has 170 valence electrons. The zero-order valence-electron chi connectivity index (χ0n) is 19.2. The average molecular weight is 449 g/mol. The van der Waals surface area contributed by atoms with Gasteiger partial charge in [0.2, 0.25) is 15.9 Å². The fraction of sp³-hybridized carbons (Fsp3) is 0.435. The number of carbonyl (C=O) groups is 1. The number of methoxy groups -OCH3 is 2.